The van der Waals surface area contributed by atoms with E-state index in [1.165, 1.54) is 4.90 Å². The van der Waals surface area contributed by atoms with E-state index in [-0.39, 0.29) is 5.91 Å². The zero-order valence-corrected chi connectivity index (χ0v) is 21.3. The van der Waals surface area contributed by atoms with Gasteiger partial charge < -0.3 is 29.3 Å². The number of aliphatic hydroxyl groups is 2. The summed E-state index contributed by atoms with van der Waals surface area (Å²) in [6.45, 7) is 6.15. The maximum atomic E-state index is 13.6. The summed E-state index contributed by atoms with van der Waals surface area (Å²) in [4.78, 5) is 15.0. The van der Waals surface area contributed by atoms with Crippen molar-refractivity contribution in [2.24, 2.45) is 5.92 Å². The summed E-state index contributed by atoms with van der Waals surface area (Å²) in [7, 11) is 6.37. The topological polar surface area (TPSA) is 88.5 Å². The molecule has 1 heterocycles. The first-order valence-corrected chi connectivity index (χ1v) is 11.8. The maximum absolute atomic E-state index is 13.6. The van der Waals surface area contributed by atoms with Gasteiger partial charge in [0.05, 0.1) is 20.1 Å². The van der Waals surface area contributed by atoms with Crippen LogP contribution in [-0.2, 0) is 15.1 Å². The van der Waals surface area contributed by atoms with Crippen molar-refractivity contribution in [1.82, 2.24) is 4.90 Å². The number of nitrogens with zero attached hydrogens (tertiary/aromatic N) is 1. The SMILES string of the molecule is C=C(/C=C\C(=C/C)OC)[C@@]12Oc3cc(OC)ccc3[C@]1(O)[C@H](O)[C@H](C(=O)N(C)C)[C@H]2c1ccccc1. The van der Waals surface area contributed by atoms with Gasteiger partial charge in [0.1, 0.15) is 23.4 Å². The smallest absolute Gasteiger partial charge is 0.228 e. The van der Waals surface area contributed by atoms with Crippen LogP contribution in [-0.4, -0.2) is 61.0 Å². The minimum Gasteiger partial charge on any atom is -0.497 e. The Hall–Kier alpha value is -3.55. The average molecular weight is 492 g/mol. The van der Waals surface area contributed by atoms with Gasteiger partial charge in [0, 0.05) is 31.6 Å². The first-order valence-electron chi connectivity index (χ1n) is 11.8. The molecule has 7 nitrogen and oxygen atoms in total. The molecular weight excluding hydrogens is 458 g/mol. The third-order valence-corrected chi connectivity index (χ3v) is 7.33. The summed E-state index contributed by atoms with van der Waals surface area (Å²) in [5, 5.41) is 24.3. The lowest BCUT2D eigenvalue weighted by atomic mass is 9.70. The minimum atomic E-state index is -1.98. The Bertz CT molecular complexity index is 1220. The van der Waals surface area contributed by atoms with Crippen molar-refractivity contribution in [3.63, 3.8) is 0 Å². The lowest BCUT2D eigenvalue weighted by Gasteiger charge is -2.41. The molecule has 2 aromatic rings. The standard InChI is InChI=1S/C29H33NO6/c1-7-20(34-5)14-13-18(2)29-25(19-11-9-8-10-12-19)24(27(32)30(3)4)26(31)28(29,33)22-16-15-21(35-6)17-23(22)36-29/h7-17,24-26,31,33H,2H2,1,3-6H3/b14-13-,20-7+/t24-,25-,26-,28+,29+/m1/s1. The van der Waals surface area contributed by atoms with Crippen molar-refractivity contribution in [3.8, 4) is 11.5 Å². The molecule has 4 rings (SSSR count). The third kappa shape index (κ3) is 3.53. The van der Waals surface area contributed by atoms with Crippen molar-refractivity contribution < 1.29 is 29.2 Å². The van der Waals surface area contributed by atoms with Crippen LogP contribution >= 0.6 is 0 Å². The molecule has 190 valence electrons. The Labute approximate surface area is 211 Å². The molecule has 0 unspecified atom stereocenters. The van der Waals surface area contributed by atoms with Crippen LogP contribution in [0.3, 0.4) is 0 Å². The monoisotopic (exact) mass is 491 g/mol. The van der Waals surface area contributed by atoms with E-state index in [1.807, 2.05) is 37.3 Å². The molecule has 2 N–H and O–H groups in total. The van der Waals surface area contributed by atoms with Gasteiger partial charge >= 0.3 is 0 Å². The van der Waals surface area contributed by atoms with Crippen LogP contribution in [0.1, 0.15) is 24.0 Å². The fraction of sp³-hybridized carbons (Fsp3) is 0.345. The predicted molar refractivity (Wildman–Crippen MR) is 137 cm³/mol. The van der Waals surface area contributed by atoms with E-state index in [0.29, 0.717) is 28.4 Å². The molecule has 0 aromatic heterocycles. The maximum Gasteiger partial charge on any atom is 0.228 e. The average Bonchev–Trinajstić information content (AvgIpc) is 3.26. The highest BCUT2D eigenvalue weighted by atomic mass is 16.5. The largest absolute Gasteiger partial charge is 0.497 e. The van der Waals surface area contributed by atoms with Gasteiger partial charge in [0.25, 0.3) is 0 Å². The van der Waals surface area contributed by atoms with Crippen molar-refractivity contribution in [1.29, 1.82) is 0 Å². The Balaban J connectivity index is 2.03. The first-order chi connectivity index (χ1) is 17.2. The number of methoxy groups -OCH3 is 2. The summed E-state index contributed by atoms with van der Waals surface area (Å²) >= 11 is 0. The first kappa shape index (κ1) is 25.5. The Morgan fingerprint density at radius 2 is 1.83 bits per heavy atom. The van der Waals surface area contributed by atoms with Gasteiger partial charge in [-0.25, -0.2) is 0 Å². The van der Waals surface area contributed by atoms with Gasteiger partial charge in [-0.2, -0.15) is 0 Å². The molecular formula is C29H33NO6. The van der Waals surface area contributed by atoms with Crippen molar-refractivity contribution in [3.05, 3.63) is 95.8 Å². The van der Waals surface area contributed by atoms with Gasteiger partial charge in [-0.1, -0.05) is 43.0 Å². The molecule has 36 heavy (non-hydrogen) atoms. The number of rotatable bonds is 7. The molecule has 5 atom stereocenters. The number of amides is 1. The number of aliphatic hydroxyl groups excluding tert-OH is 1. The number of hydrogen-bond donors (Lipinski definition) is 2. The Morgan fingerprint density at radius 1 is 1.14 bits per heavy atom. The number of carbonyl (C=O) groups is 1. The van der Waals surface area contributed by atoms with Crippen LogP contribution in [0.5, 0.6) is 11.5 Å². The molecule has 0 bridgehead atoms. The summed E-state index contributed by atoms with van der Waals surface area (Å²) in [6.07, 6.45) is 3.73. The molecule has 2 aromatic carbocycles. The van der Waals surface area contributed by atoms with Crippen LogP contribution < -0.4 is 9.47 Å². The number of benzene rings is 2. The molecule has 0 spiro atoms. The molecule has 1 aliphatic carbocycles. The van der Waals surface area contributed by atoms with Crippen LogP contribution in [0.25, 0.3) is 0 Å². The van der Waals surface area contributed by atoms with Gasteiger partial charge in [-0.15, -0.1) is 0 Å². The highest BCUT2D eigenvalue weighted by Gasteiger charge is 2.77. The second kappa shape index (κ2) is 9.48. The fourth-order valence-corrected chi connectivity index (χ4v) is 5.63. The molecule has 0 radical (unpaired) electrons. The summed E-state index contributed by atoms with van der Waals surface area (Å²) < 4.78 is 17.4. The van der Waals surface area contributed by atoms with Gasteiger partial charge in [-0.05, 0) is 42.3 Å². The second-order valence-electron chi connectivity index (χ2n) is 9.31. The van der Waals surface area contributed by atoms with E-state index >= 15 is 0 Å². The third-order valence-electron chi connectivity index (χ3n) is 7.33. The van der Waals surface area contributed by atoms with Gasteiger partial charge in [0.15, 0.2) is 11.2 Å². The van der Waals surface area contributed by atoms with E-state index in [4.69, 9.17) is 14.2 Å². The number of allylic oxidation sites excluding steroid dienone is 2. The van der Waals surface area contributed by atoms with Crippen LogP contribution in [0.15, 0.2) is 84.7 Å². The summed E-state index contributed by atoms with van der Waals surface area (Å²) in [5.74, 6) is -0.600. The van der Waals surface area contributed by atoms with E-state index < -0.39 is 29.1 Å². The van der Waals surface area contributed by atoms with Crippen molar-refractivity contribution >= 4 is 5.91 Å². The van der Waals surface area contributed by atoms with E-state index in [0.717, 1.165) is 5.56 Å². The molecule has 1 saturated carbocycles. The zero-order chi connectivity index (χ0) is 26.3. The Morgan fingerprint density at radius 3 is 2.42 bits per heavy atom. The molecule has 7 heteroatoms. The number of fused-ring (bicyclic) bond motifs is 3. The van der Waals surface area contributed by atoms with Gasteiger partial charge in [0.2, 0.25) is 5.91 Å². The molecule has 1 fully saturated rings. The van der Waals surface area contributed by atoms with E-state index in [2.05, 4.69) is 6.58 Å². The predicted octanol–water partition coefficient (Wildman–Crippen LogP) is 3.54. The molecule has 1 aliphatic heterocycles. The van der Waals surface area contributed by atoms with Crippen molar-refractivity contribution in [2.45, 2.75) is 30.1 Å². The molecule has 1 amide bonds. The number of ether oxygens (including phenoxy) is 3. The van der Waals surface area contributed by atoms with E-state index in [9.17, 15) is 15.0 Å². The van der Waals surface area contributed by atoms with E-state index in [1.54, 1.807) is 64.7 Å². The van der Waals surface area contributed by atoms with Crippen LogP contribution in [0.4, 0.5) is 0 Å². The number of hydrogen-bond acceptors (Lipinski definition) is 6. The molecule has 2 aliphatic rings. The second-order valence-corrected chi connectivity index (χ2v) is 9.31. The summed E-state index contributed by atoms with van der Waals surface area (Å²) in [6, 6.07) is 14.4. The summed E-state index contributed by atoms with van der Waals surface area (Å²) in [5.41, 5.74) is -2.07. The van der Waals surface area contributed by atoms with Crippen molar-refractivity contribution in [2.75, 3.05) is 28.3 Å². The Kier molecular flexibility index (Phi) is 6.73. The van der Waals surface area contributed by atoms with Crippen LogP contribution in [0.2, 0.25) is 0 Å². The zero-order valence-electron chi connectivity index (χ0n) is 21.3. The highest BCUT2D eigenvalue weighted by molar-refractivity contribution is 5.83. The highest BCUT2D eigenvalue weighted by Crippen LogP contribution is 2.67. The normalized spacial score (nSPS) is 28.9. The quantitative estimate of drug-likeness (QED) is 0.455. The lowest BCUT2D eigenvalue weighted by molar-refractivity contribution is -0.146. The van der Waals surface area contributed by atoms with Crippen LogP contribution in [0, 0.1) is 5.92 Å². The van der Waals surface area contributed by atoms with Gasteiger partial charge in [-0.3, -0.25) is 4.79 Å². The molecule has 0 saturated heterocycles. The minimum absolute atomic E-state index is 0.319. The lowest BCUT2D eigenvalue weighted by Crippen LogP contribution is -2.55. The fourth-order valence-electron chi connectivity index (χ4n) is 5.63. The number of carbonyl (C=O) groups excluding carboxylic acids is 1.